The molecule has 1 aromatic heterocycles. The van der Waals surface area contributed by atoms with Gasteiger partial charge in [-0.2, -0.15) is 9.88 Å². The van der Waals surface area contributed by atoms with Gasteiger partial charge in [-0.25, -0.2) is 14.4 Å². The Bertz CT molecular complexity index is 744. The highest BCUT2D eigenvalue weighted by molar-refractivity contribution is 6.08. The largest absolute Gasteiger partial charge is 0.468 e. The van der Waals surface area contributed by atoms with Crippen molar-refractivity contribution >= 4 is 24.0 Å². The lowest BCUT2D eigenvalue weighted by Gasteiger charge is -2.28. The maximum Gasteiger partial charge on any atom is 0.425 e. The summed E-state index contributed by atoms with van der Waals surface area (Å²) in [5.41, 5.74) is -2.64. The van der Waals surface area contributed by atoms with E-state index in [9.17, 15) is 19.2 Å². The molecule has 0 spiro atoms. The minimum atomic E-state index is -1.05. The molecule has 10 nitrogen and oxygen atoms in total. The number of nitrogens with zero attached hydrogens (tertiary/aromatic N) is 3. The Hall–Kier alpha value is -2.91. The average Bonchev–Trinajstić information content (AvgIpc) is 2.46. The Kier molecular flexibility index (Phi) is 6.71. The van der Waals surface area contributed by atoms with Crippen molar-refractivity contribution in [2.45, 2.75) is 59.3 Å². The standard InChI is InChI=1S/C17H25N3O7/c1-16(2,3)26-14(23)20(15(24)27-17(4,5)6)11-8-9-19(13(22)18-11)10-12(21)25-7/h8-9H,10H2,1-7H3. The Morgan fingerprint density at radius 3 is 1.89 bits per heavy atom. The number of anilines is 1. The van der Waals surface area contributed by atoms with Gasteiger partial charge in [-0.05, 0) is 47.6 Å². The summed E-state index contributed by atoms with van der Waals surface area (Å²) in [6.45, 7) is 9.39. The van der Waals surface area contributed by atoms with E-state index in [-0.39, 0.29) is 12.4 Å². The highest BCUT2D eigenvalue weighted by atomic mass is 16.6. The van der Waals surface area contributed by atoms with Crippen molar-refractivity contribution in [1.29, 1.82) is 0 Å². The number of carbonyl (C=O) groups excluding carboxylic acids is 3. The van der Waals surface area contributed by atoms with Crippen LogP contribution in [0.4, 0.5) is 15.4 Å². The van der Waals surface area contributed by atoms with Gasteiger partial charge in [0.25, 0.3) is 0 Å². The van der Waals surface area contributed by atoms with E-state index >= 15 is 0 Å². The average molecular weight is 383 g/mol. The lowest BCUT2D eigenvalue weighted by molar-refractivity contribution is -0.141. The third kappa shape index (κ3) is 7.08. The van der Waals surface area contributed by atoms with Crippen molar-refractivity contribution in [3.05, 3.63) is 22.7 Å². The summed E-state index contributed by atoms with van der Waals surface area (Å²) in [6, 6.07) is 1.22. The van der Waals surface area contributed by atoms with E-state index in [0.29, 0.717) is 4.90 Å². The van der Waals surface area contributed by atoms with Gasteiger partial charge >= 0.3 is 23.8 Å². The maximum atomic E-state index is 12.5. The molecule has 0 saturated carbocycles. The van der Waals surface area contributed by atoms with E-state index in [4.69, 9.17) is 9.47 Å². The molecule has 27 heavy (non-hydrogen) atoms. The molecule has 0 saturated heterocycles. The van der Waals surface area contributed by atoms with Crippen LogP contribution in [-0.2, 0) is 25.5 Å². The highest BCUT2D eigenvalue weighted by Crippen LogP contribution is 2.19. The van der Waals surface area contributed by atoms with Gasteiger partial charge in [0.15, 0.2) is 5.82 Å². The molecule has 0 aliphatic rings. The zero-order valence-electron chi connectivity index (χ0n) is 16.6. The summed E-state index contributed by atoms with van der Waals surface area (Å²) in [5, 5.41) is 0. The summed E-state index contributed by atoms with van der Waals surface area (Å²) in [7, 11) is 1.18. The van der Waals surface area contributed by atoms with Crippen molar-refractivity contribution in [1.82, 2.24) is 9.55 Å². The van der Waals surface area contributed by atoms with Crippen LogP contribution < -0.4 is 10.6 Å². The number of carbonyl (C=O) groups is 3. The third-order valence-corrected chi connectivity index (χ3v) is 2.77. The highest BCUT2D eigenvalue weighted by Gasteiger charge is 2.33. The molecule has 150 valence electrons. The summed E-state index contributed by atoms with van der Waals surface area (Å²) >= 11 is 0. The van der Waals surface area contributed by atoms with Crippen LogP contribution in [0.5, 0.6) is 0 Å². The number of hydrogen-bond acceptors (Lipinski definition) is 8. The number of imide groups is 1. The van der Waals surface area contributed by atoms with Crippen molar-refractivity contribution < 1.29 is 28.6 Å². The molecule has 0 radical (unpaired) electrons. The van der Waals surface area contributed by atoms with Crippen molar-refractivity contribution in [2.24, 2.45) is 0 Å². The summed E-state index contributed by atoms with van der Waals surface area (Å²) in [6.07, 6.45) is -0.882. The van der Waals surface area contributed by atoms with E-state index in [1.165, 1.54) is 19.4 Å². The van der Waals surface area contributed by atoms with Gasteiger partial charge < -0.3 is 14.2 Å². The first-order valence-electron chi connectivity index (χ1n) is 8.14. The van der Waals surface area contributed by atoms with Crippen LogP contribution in [0.25, 0.3) is 0 Å². The van der Waals surface area contributed by atoms with Crippen LogP contribution in [0.1, 0.15) is 41.5 Å². The van der Waals surface area contributed by atoms with Crippen LogP contribution in [0.15, 0.2) is 17.1 Å². The molecule has 0 aliphatic heterocycles. The monoisotopic (exact) mass is 383 g/mol. The van der Waals surface area contributed by atoms with Crippen molar-refractivity contribution in [2.75, 3.05) is 12.0 Å². The molecule has 1 rings (SSSR count). The Labute approximate surface area is 157 Å². The molecule has 0 fully saturated rings. The van der Waals surface area contributed by atoms with Gasteiger partial charge in [0.05, 0.1) is 7.11 Å². The molecule has 0 aromatic carbocycles. The van der Waals surface area contributed by atoms with E-state index in [1.807, 2.05) is 0 Å². The van der Waals surface area contributed by atoms with Crippen molar-refractivity contribution in [3.63, 3.8) is 0 Å². The zero-order valence-corrected chi connectivity index (χ0v) is 16.6. The van der Waals surface area contributed by atoms with Gasteiger partial charge in [-0.3, -0.25) is 9.36 Å². The van der Waals surface area contributed by atoms with Crippen LogP contribution in [0.3, 0.4) is 0 Å². The minimum absolute atomic E-state index is 0.287. The molecular formula is C17H25N3O7. The number of methoxy groups -OCH3 is 1. The van der Waals surface area contributed by atoms with Crippen LogP contribution in [0, 0.1) is 0 Å². The van der Waals surface area contributed by atoms with Gasteiger partial charge in [0, 0.05) is 6.20 Å². The van der Waals surface area contributed by atoms with Crippen LogP contribution in [0.2, 0.25) is 0 Å². The second-order valence-corrected chi connectivity index (χ2v) is 7.57. The third-order valence-electron chi connectivity index (χ3n) is 2.77. The number of hydrogen-bond donors (Lipinski definition) is 0. The number of aromatic nitrogens is 2. The zero-order chi connectivity index (χ0) is 21.0. The fraction of sp³-hybridized carbons (Fsp3) is 0.588. The number of ether oxygens (including phenoxy) is 3. The normalized spacial score (nSPS) is 11.5. The summed E-state index contributed by atoms with van der Waals surface area (Å²) in [5.74, 6) is -0.938. The first kappa shape index (κ1) is 22.1. The fourth-order valence-electron chi connectivity index (χ4n) is 1.75. The molecule has 0 atom stereocenters. The number of amides is 2. The Morgan fingerprint density at radius 2 is 1.52 bits per heavy atom. The molecule has 2 amide bonds. The lowest BCUT2D eigenvalue weighted by Crippen LogP contribution is -2.45. The second kappa shape index (κ2) is 8.19. The van der Waals surface area contributed by atoms with Gasteiger partial charge in [0.2, 0.25) is 0 Å². The molecule has 1 aromatic rings. The molecule has 0 unspecified atom stereocenters. The predicted octanol–water partition coefficient (Wildman–Crippen LogP) is 2.09. The molecule has 0 N–H and O–H groups in total. The van der Waals surface area contributed by atoms with E-state index in [1.54, 1.807) is 41.5 Å². The first-order chi connectivity index (χ1) is 12.2. The quantitative estimate of drug-likeness (QED) is 0.575. The maximum absolute atomic E-state index is 12.5. The van der Waals surface area contributed by atoms with E-state index in [0.717, 1.165) is 4.57 Å². The summed E-state index contributed by atoms with van der Waals surface area (Å²) in [4.78, 5) is 52.6. The van der Waals surface area contributed by atoms with Crippen molar-refractivity contribution in [3.8, 4) is 0 Å². The molecule has 0 bridgehead atoms. The molecule has 10 heteroatoms. The SMILES string of the molecule is COC(=O)Cn1ccc(N(C(=O)OC(C)(C)C)C(=O)OC(C)(C)C)nc1=O. The number of rotatable bonds is 3. The molecule has 1 heterocycles. The number of esters is 1. The van der Waals surface area contributed by atoms with Gasteiger partial charge in [-0.15, -0.1) is 0 Å². The minimum Gasteiger partial charge on any atom is -0.468 e. The molecule has 0 aliphatic carbocycles. The van der Waals surface area contributed by atoms with E-state index in [2.05, 4.69) is 9.72 Å². The smallest absolute Gasteiger partial charge is 0.425 e. The predicted molar refractivity (Wildman–Crippen MR) is 95.5 cm³/mol. The van der Waals surface area contributed by atoms with Crippen LogP contribution >= 0.6 is 0 Å². The second-order valence-electron chi connectivity index (χ2n) is 7.57. The molecular weight excluding hydrogens is 358 g/mol. The topological polar surface area (TPSA) is 117 Å². The first-order valence-corrected chi connectivity index (χ1v) is 8.14. The fourth-order valence-corrected chi connectivity index (χ4v) is 1.75. The Balaban J connectivity index is 3.28. The van der Waals surface area contributed by atoms with Gasteiger partial charge in [0.1, 0.15) is 17.7 Å². The lowest BCUT2D eigenvalue weighted by atomic mass is 10.2. The summed E-state index contributed by atoms with van der Waals surface area (Å²) < 4.78 is 15.9. The van der Waals surface area contributed by atoms with Crippen LogP contribution in [-0.4, -0.2) is 46.0 Å². The van der Waals surface area contributed by atoms with Gasteiger partial charge in [-0.1, -0.05) is 0 Å². The van der Waals surface area contributed by atoms with E-state index < -0.39 is 35.0 Å². The Morgan fingerprint density at radius 1 is 1.04 bits per heavy atom.